The zero-order valence-electron chi connectivity index (χ0n) is 9.85. The van der Waals surface area contributed by atoms with Gasteiger partial charge in [0.05, 0.1) is 6.33 Å². The smallest absolute Gasteiger partial charge is 0.269 e. The Balaban J connectivity index is 1.82. The fourth-order valence-electron chi connectivity index (χ4n) is 2.15. The summed E-state index contributed by atoms with van der Waals surface area (Å²) in [4.78, 5) is 17.3. The van der Waals surface area contributed by atoms with Crippen molar-refractivity contribution in [1.82, 2.24) is 9.55 Å². The number of nitrogens with zero attached hydrogens (tertiary/aromatic N) is 2. The largest absolute Gasteiger partial charge is 0.297 e. The van der Waals surface area contributed by atoms with Crippen molar-refractivity contribution < 1.29 is 0 Å². The number of thioether (sulfide) groups is 1. The molecule has 1 atom stereocenters. The Morgan fingerprint density at radius 3 is 3.05 bits per heavy atom. The first-order valence-electron chi connectivity index (χ1n) is 5.80. The SMILES string of the molecule is O=c1c(Br)c(Cl)ncn1CC1Cc2ccccc2S1. The van der Waals surface area contributed by atoms with E-state index in [0.717, 1.165) is 6.42 Å². The van der Waals surface area contributed by atoms with E-state index in [-0.39, 0.29) is 10.7 Å². The first kappa shape index (κ1) is 13.2. The molecular formula is C13H10BrClN2OS. The molecule has 0 radical (unpaired) electrons. The summed E-state index contributed by atoms with van der Waals surface area (Å²) >= 11 is 10.8. The van der Waals surface area contributed by atoms with Crippen molar-refractivity contribution in [3.63, 3.8) is 0 Å². The average molecular weight is 358 g/mol. The molecule has 2 aromatic rings. The van der Waals surface area contributed by atoms with Crippen LogP contribution in [0, 0.1) is 0 Å². The van der Waals surface area contributed by atoms with Gasteiger partial charge in [-0.15, -0.1) is 11.8 Å². The van der Waals surface area contributed by atoms with Gasteiger partial charge in [0.25, 0.3) is 5.56 Å². The molecule has 1 unspecified atom stereocenters. The summed E-state index contributed by atoms with van der Waals surface area (Å²) in [5.74, 6) is 0. The van der Waals surface area contributed by atoms with Crippen molar-refractivity contribution >= 4 is 39.3 Å². The van der Waals surface area contributed by atoms with E-state index in [1.54, 1.807) is 4.57 Å². The number of rotatable bonds is 2. The van der Waals surface area contributed by atoms with Crippen LogP contribution in [0.5, 0.6) is 0 Å². The van der Waals surface area contributed by atoms with Gasteiger partial charge in [-0.2, -0.15) is 0 Å². The molecule has 2 heterocycles. The molecule has 6 heteroatoms. The van der Waals surface area contributed by atoms with Crippen molar-refractivity contribution in [1.29, 1.82) is 0 Å². The van der Waals surface area contributed by atoms with Crippen LogP contribution in [0.4, 0.5) is 0 Å². The number of hydrogen-bond acceptors (Lipinski definition) is 3. The normalized spacial score (nSPS) is 17.5. The Labute approximate surface area is 128 Å². The molecular weight excluding hydrogens is 348 g/mol. The molecule has 1 aliphatic heterocycles. The summed E-state index contributed by atoms with van der Waals surface area (Å²) in [5, 5.41) is 0.577. The van der Waals surface area contributed by atoms with Crippen LogP contribution in [0.2, 0.25) is 5.15 Å². The predicted molar refractivity (Wildman–Crippen MR) is 81.0 cm³/mol. The maximum Gasteiger partial charge on any atom is 0.269 e. The summed E-state index contributed by atoms with van der Waals surface area (Å²) in [7, 11) is 0. The van der Waals surface area contributed by atoms with E-state index in [0.29, 0.717) is 16.3 Å². The fraction of sp³-hybridized carbons (Fsp3) is 0.231. The second kappa shape index (κ2) is 5.31. The van der Waals surface area contributed by atoms with Gasteiger partial charge in [0.2, 0.25) is 0 Å². The molecule has 19 heavy (non-hydrogen) atoms. The number of fused-ring (bicyclic) bond motifs is 1. The molecule has 0 aliphatic carbocycles. The molecule has 1 aromatic carbocycles. The van der Waals surface area contributed by atoms with Gasteiger partial charge < -0.3 is 0 Å². The van der Waals surface area contributed by atoms with E-state index in [1.807, 2.05) is 23.9 Å². The van der Waals surface area contributed by atoms with E-state index >= 15 is 0 Å². The predicted octanol–water partition coefficient (Wildman–Crippen LogP) is 3.38. The van der Waals surface area contributed by atoms with Gasteiger partial charge >= 0.3 is 0 Å². The third kappa shape index (κ3) is 2.59. The third-order valence-electron chi connectivity index (χ3n) is 3.05. The molecule has 0 saturated carbocycles. The van der Waals surface area contributed by atoms with Gasteiger partial charge in [0, 0.05) is 16.7 Å². The van der Waals surface area contributed by atoms with Crippen LogP contribution in [0.15, 0.2) is 44.8 Å². The number of aromatic nitrogens is 2. The number of hydrogen-bond donors (Lipinski definition) is 0. The maximum absolute atomic E-state index is 12.0. The topological polar surface area (TPSA) is 34.9 Å². The lowest BCUT2D eigenvalue weighted by molar-refractivity contribution is 0.627. The molecule has 0 saturated heterocycles. The van der Waals surface area contributed by atoms with Gasteiger partial charge in [0.15, 0.2) is 5.15 Å². The van der Waals surface area contributed by atoms with Crippen molar-refractivity contribution in [2.45, 2.75) is 23.1 Å². The molecule has 0 fully saturated rings. The number of benzene rings is 1. The molecule has 3 rings (SSSR count). The van der Waals surface area contributed by atoms with Crippen LogP contribution in [0.3, 0.4) is 0 Å². The Morgan fingerprint density at radius 1 is 1.47 bits per heavy atom. The van der Waals surface area contributed by atoms with Crippen LogP contribution < -0.4 is 5.56 Å². The van der Waals surface area contributed by atoms with Crippen molar-refractivity contribution in [2.24, 2.45) is 0 Å². The second-order valence-electron chi connectivity index (χ2n) is 4.36. The molecule has 1 aliphatic rings. The summed E-state index contributed by atoms with van der Waals surface area (Å²) in [5.41, 5.74) is 1.23. The zero-order chi connectivity index (χ0) is 13.4. The van der Waals surface area contributed by atoms with Crippen molar-refractivity contribution in [3.8, 4) is 0 Å². The van der Waals surface area contributed by atoms with E-state index in [9.17, 15) is 4.79 Å². The van der Waals surface area contributed by atoms with Crippen LogP contribution in [0.25, 0.3) is 0 Å². The lowest BCUT2D eigenvalue weighted by Gasteiger charge is -2.11. The molecule has 0 N–H and O–H groups in total. The highest BCUT2D eigenvalue weighted by molar-refractivity contribution is 9.10. The summed E-state index contributed by atoms with van der Waals surface area (Å²) < 4.78 is 1.94. The number of halogens is 2. The van der Waals surface area contributed by atoms with Crippen LogP contribution in [-0.4, -0.2) is 14.8 Å². The molecule has 0 spiro atoms. The highest BCUT2D eigenvalue weighted by Crippen LogP contribution is 2.37. The molecule has 0 amide bonds. The van der Waals surface area contributed by atoms with Crippen LogP contribution in [0.1, 0.15) is 5.56 Å². The minimum absolute atomic E-state index is 0.128. The standard InChI is InChI=1S/C13H10BrClN2OS/c14-11-12(15)16-7-17(13(11)18)6-9-5-8-3-1-2-4-10(8)19-9/h1-4,7,9H,5-6H2. The first-order chi connectivity index (χ1) is 9.15. The van der Waals surface area contributed by atoms with Gasteiger partial charge in [-0.25, -0.2) is 4.98 Å². The van der Waals surface area contributed by atoms with Crippen molar-refractivity contribution in [2.75, 3.05) is 0 Å². The Morgan fingerprint density at radius 2 is 2.26 bits per heavy atom. The van der Waals surface area contributed by atoms with Gasteiger partial charge in [0.1, 0.15) is 4.47 Å². The lowest BCUT2D eigenvalue weighted by atomic mass is 10.1. The Kier molecular flexibility index (Phi) is 3.69. The first-order valence-corrected chi connectivity index (χ1v) is 7.85. The fourth-order valence-corrected chi connectivity index (χ4v) is 3.92. The highest BCUT2D eigenvalue weighted by atomic mass is 79.9. The average Bonchev–Trinajstić information content (AvgIpc) is 2.82. The summed E-state index contributed by atoms with van der Waals surface area (Å²) in [6.45, 7) is 0.640. The van der Waals surface area contributed by atoms with Gasteiger partial charge in [-0.05, 0) is 34.0 Å². The van der Waals surface area contributed by atoms with Crippen LogP contribution in [-0.2, 0) is 13.0 Å². The van der Waals surface area contributed by atoms with Gasteiger partial charge in [-0.3, -0.25) is 9.36 Å². The summed E-state index contributed by atoms with van der Waals surface area (Å²) in [6.07, 6.45) is 2.49. The molecule has 98 valence electrons. The van der Waals surface area contributed by atoms with E-state index in [1.165, 1.54) is 16.8 Å². The van der Waals surface area contributed by atoms with Crippen molar-refractivity contribution in [3.05, 3.63) is 56.1 Å². The quantitative estimate of drug-likeness (QED) is 0.773. The lowest BCUT2D eigenvalue weighted by Crippen LogP contribution is -2.26. The minimum Gasteiger partial charge on any atom is -0.297 e. The minimum atomic E-state index is -0.128. The Bertz CT molecular complexity index is 664. The summed E-state index contributed by atoms with van der Waals surface area (Å²) in [6, 6.07) is 8.36. The van der Waals surface area contributed by atoms with E-state index in [4.69, 9.17) is 11.6 Å². The maximum atomic E-state index is 12.0. The van der Waals surface area contributed by atoms with Gasteiger partial charge in [-0.1, -0.05) is 29.8 Å². The van der Waals surface area contributed by atoms with E-state index in [2.05, 4.69) is 33.0 Å². The zero-order valence-corrected chi connectivity index (χ0v) is 13.0. The molecule has 1 aromatic heterocycles. The third-order valence-corrected chi connectivity index (χ3v) is 5.59. The van der Waals surface area contributed by atoms with Crippen LogP contribution >= 0.6 is 39.3 Å². The molecule has 3 nitrogen and oxygen atoms in total. The second-order valence-corrected chi connectivity index (χ2v) is 6.85. The Hall–Kier alpha value is -0.780. The monoisotopic (exact) mass is 356 g/mol. The highest BCUT2D eigenvalue weighted by Gasteiger charge is 2.22. The molecule has 0 bridgehead atoms. The van der Waals surface area contributed by atoms with E-state index < -0.39 is 0 Å².